The molecule has 2 N–H and O–H groups in total. The van der Waals surface area contributed by atoms with Crippen molar-refractivity contribution in [3.05, 3.63) is 34.6 Å². The number of hydrogen-bond donors (Lipinski definition) is 1. The third-order valence-corrected chi connectivity index (χ3v) is 6.19. The Hall–Kier alpha value is -1.37. The standard InChI is InChI=1S/C20H27ClFN3O2.ClH/c21-15-4-5-16(17(22)12-15)19(27)25-10-8-24(9-11-25)18(26)13-20(14-23)6-2-1-3-7-20;/h4-5,12H,1-3,6-11,13-14,23H2;1H. The van der Waals surface area contributed by atoms with Crippen molar-refractivity contribution in [2.45, 2.75) is 38.5 Å². The summed E-state index contributed by atoms with van der Waals surface area (Å²) in [6, 6.07) is 4.06. The Morgan fingerprint density at radius 1 is 1.07 bits per heavy atom. The van der Waals surface area contributed by atoms with Crippen molar-refractivity contribution in [1.82, 2.24) is 9.80 Å². The Morgan fingerprint density at radius 3 is 2.25 bits per heavy atom. The van der Waals surface area contributed by atoms with Gasteiger partial charge in [0.05, 0.1) is 5.56 Å². The van der Waals surface area contributed by atoms with Crippen molar-refractivity contribution in [3.63, 3.8) is 0 Å². The number of nitrogens with zero attached hydrogens (tertiary/aromatic N) is 2. The fourth-order valence-corrected chi connectivity index (χ4v) is 4.34. The third-order valence-electron chi connectivity index (χ3n) is 5.95. The van der Waals surface area contributed by atoms with Crippen molar-refractivity contribution in [3.8, 4) is 0 Å². The molecule has 3 rings (SSSR count). The van der Waals surface area contributed by atoms with Crippen molar-refractivity contribution >= 4 is 35.8 Å². The lowest BCUT2D eigenvalue weighted by atomic mass is 9.71. The summed E-state index contributed by atoms with van der Waals surface area (Å²) in [4.78, 5) is 28.7. The lowest BCUT2D eigenvalue weighted by Crippen LogP contribution is -2.52. The summed E-state index contributed by atoms with van der Waals surface area (Å²) in [5.74, 6) is -0.859. The summed E-state index contributed by atoms with van der Waals surface area (Å²) in [7, 11) is 0. The highest BCUT2D eigenvalue weighted by molar-refractivity contribution is 6.30. The van der Waals surface area contributed by atoms with E-state index in [1.54, 1.807) is 4.90 Å². The molecule has 0 atom stereocenters. The van der Waals surface area contributed by atoms with E-state index in [1.807, 2.05) is 4.90 Å². The Labute approximate surface area is 176 Å². The molecule has 1 aromatic rings. The molecule has 2 fully saturated rings. The molecule has 1 saturated heterocycles. The van der Waals surface area contributed by atoms with Crippen LogP contribution in [0.2, 0.25) is 5.02 Å². The van der Waals surface area contributed by atoms with Crippen LogP contribution < -0.4 is 5.73 Å². The number of piperazine rings is 1. The quantitative estimate of drug-likeness (QED) is 0.792. The van der Waals surface area contributed by atoms with E-state index in [1.165, 1.54) is 18.6 Å². The van der Waals surface area contributed by atoms with E-state index in [9.17, 15) is 14.0 Å². The number of carbonyl (C=O) groups excluding carboxylic acids is 2. The Bertz CT molecular complexity index is 703. The summed E-state index contributed by atoms with van der Waals surface area (Å²) in [6.07, 6.45) is 6.02. The summed E-state index contributed by atoms with van der Waals surface area (Å²) in [5, 5.41) is 0.260. The van der Waals surface area contributed by atoms with Crippen LogP contribution in [0.1, 0.15) is 48.9 Å². The summed E-state index contributed by atoms with van der Waals surface area (Å²) >= 11 is 5.75. The Balaban J connectivity index is 0.00000280. The fourth-order valence-electron chi connectivity index (χ4n) is 4.18. The average molecular weight is 432 g/mol. The Morgan fingerprint density at radius 2 is 1.68 bits per heavy atom. The maximum Gasteiger partial charge on any atom is 0.256 e. The maximum atomic E-state index is 14.0. The van der Waals surface area contributed by atoms with Crippen LogP contribution >= 0.6 is 24.0 Å². The molecule has 0 unspecified atom stereocenters. The number of amides is 2. The number of rotatable bonds is 4. The number of halogens is 3. The molecule has 0 radical (unpaired) electrons. The largest absolute Gasteiger partial charge is 0.339 e. The highest BCUT2D eigenvalue weighted by atomic mass is 35.5. The molecule has 5 nitrogen and oxygen atoms in total. The van der Waals surface area contributed by atoms with Crippen molar-refractivity contribution in [2.24, 2.45) is 11.1 Å². The average Bonchev–Trinajstić information content (AvgIpc) is 2.68. The zero-order valence-corrected chi connectivity index (χ0v) is 17.5. The highest BCUT2D eigenvalue weighted by Gasteiger charge is 2.35. The first-order valence-electron chi connectivity index (χ1n) is 9.66. The van der Waals surface area contributed by atoms with Gasteiger partial charge < -0.3 is 15.5 Å². The lowest BCUT2D eigenvalue weighted by molar-refractivity contribution is -0.135. The predicted molar refractivity (Wildman–Crippen MR) is 110 cm³/mol. The second-order valence-electron chi connectivity index (χ2n) is 7.74. The number of nitrogens with two attached hydrogens (primary N) is 1. The molecule has 2 aliphatic rings. The van der Waals surface area contributed by atoms with Crippen LogP contribution in [0.15, 0.2) is 18.2 Å². The van der Waals surface area contributed by atoms with Gasteiger partial charge in [-0.25, -0.2) is 4.39 Å². The zero-order chi connectivity index (χ0) is 19.4. The minimum atomic E-state index is -0.617. The van der Waals surface area contributed by atoms with Gasteiger partial charge in [0, 0.05) is 37.6 Å². The zero-order valence-electron chi connectivity index (χ0n) is 16.0. The maximum absolute atomic E-state index is 14.0. The number of benzene rings is 1. The molecule has 1 heterocycles. The molecule has 8 heteroatoms. The first kappa shape index (κ1) is 22.9. The van der Waals surface area contributed by atoms with Crippen LogP contribution in [0, 0.1) is 11.2 Å². The second-order valence-corrected chi connectivity index (χ2v) is 8.18. The molecule has 2 amide bonds. The van der Waals surface area contributed by atoms with Crippen LogP contribution in [0.4, 0.5) is 4.39 Å². The first-order chi connectivity index (χ1) is 12.9. The molecule has 0 spiro atoms. The topological polar surface area (TPSA) is 66.6 Å². The minimum Gasteiger partial charge on any atom is -0.339 e. The smallest absolute Gasteiger partial charge is 0.256 e. The van der Waals surface area contributed by atoms with Crippen LogP contribution in [0.5, 0.6) is 0 Å². The summed E-state index contributed by atoms with van der Waals surface area (Å²) in [6.45, 7) is 2.30. The van der Waals surface area contributed by atoms with E-state index in [0.29, 0.717) is 39.1 Å². The second kappa shape index (κ2) is 9.90. The molecule has 28 heavy (non-hydrogen) atoms. The van der Waals surface area contributed by atoms with E-state index in [2.05, 4.69) is 0 Å². The molecule has 156 valence electrons. The molecular weight excluding hydrogens is 404 g/mol. The van der Waals surface area contributed by atoms with Gasteiger partial charge in [-0.15, -0.1) is 12.4 Å². The molecule has 1 saturated carbocycles. The van der Waals surface area contributed by atoms with Crippen LogP contribution in [0.25, 0.3) is 0 Å². The van der Waals surface area contributed by atoms with E-state index in [0.717, 1.165) is 31.7 Å². The monoisotopic (exact) mass is 431 g/mol. The van der Waals surface area contributed by atoms with Crippen LogP contribution in [-0.2, 0) is 4.79 Å². The van der Waals surface area contributed by atoms with E-state index < -0.39 is 5.82 Å². The van der Waals surface area contributed by atoms with Crippen LogP contribution in [-0.4, -0.2) is 54.3 Å². The summed E-state index contributed by atoms with van der Waals surface area (Å²) < 4.78 is 14.0. The van der Waals surface area contributed by atoms with Gasteiger partial charge >= 0.3 is 0 Å². The molecular formula is C20H28Cl2FN3O2. The van der Waals surface area contributed by atoms with Gasteiger partial charge in [-0.2, -0.15) is 0 Å². The first-order valence-corrected chi connectivity index (χ1v) is 10.0. The Kier molecular flexibility index (Phi) is 8.10. The third kappa shape index (κ3) is 5.16. The lowest BCUT2D eigenvalue weighted by Gasteiger charge is -2.39. The van der Waals surface area contributed by atoms with E-state index in [4.69, 9.17) is 17.3 Å². The highest BCUT2D eigenvalue weighted by Crippen LogP contribution is 2.38. The van der Waals surface area contributed by atoms with Gasteiger partial charge in [-0.3, -0.25) is 9.59 Å². The molecule has 0 aromatic heterocycles. The van der Waals surface area contributed by atoms with Crippen molar-refractivity contribution < 1.29 is 14.0 Å². The van der Waals surface area contributed by atoms with Gasteiger partial charge in [-0.1, -0.05) is 30.9 Å². The van der Waals surface area contributed by atoms with Crippen LogP contribution in [0.3, 0.4) is 0 Å². The van der Waals surface area contributed by atoms with Crippen molar-refractivity contribution in [2.75, 3.05) is 32.7 Å². The van der Waals surface area contributed by atoms with Gasteiger partial charge in [-0.05, 0) is 43.0 Å². The molecule has 1 aliphatic carbocycles. The fraction of sp³-hybridized carbons (Fsp3) is 0.600. The van der Waals surface area contributed by atoms with E-state index >= 15 is 0 Å². The van der Waals surface area contributed by atoms with Gasteiger partial charge in [0.25, 0.3) is 5.91 Å². The number of hydrogen-bond acceptors (Lipinski definition) is 3. The SMILES string of the molecule is Cl.NCC1(CC(=O)N2CCN(C(=O)c3ccc(Cl)cc3F)CC2)CCCCC1. The minimum absolute atomic E-state index is 0. The van der Waals surface area contributed by atoms with E-state index in [-0.39, 0.29) is 40.2 Å². The summed E-state index contributed by atoms with van der Waals surface area (Å²) in [5.41, 5.74) is 5.95. The van der Waals surface area contributed by atoms with Gasteiger partial charge in [0.1, 0.15) is 5.82 Å². The predicted octanol–water partition coefficient (Wildman–Crippen LogP) is 3.48. The van der Waals surface area contributed by atoms with Gasteiger partial charge in [0.15, 0.2) is 0 Å². The van der Waals surface area contributed by atoms with Crippen molar-refractivity contribution in [1.29, 1.82) is 0 Å². The molecule has 0 bridgehead atoms. The normalized spacial score (nSPS) is 19.1. The number of carbonyl (C=O) groups is 2. The molecule has 1 aliphatic heterocycles. The van der Waals surface area contributed by atoms with Gasteiger partial charge in [0.2, 0.25) is 5.91 Å². The molecule has 1 aromatic carbocycles.